The van der Waals surface area contributed by atoms with Gasteiger partial charge in [0, 0.05) is 12.6 Å². The summed E-state index contributed by atoms with van der Waals surface area (Å²) < 4.78 is 0. The molecule has 7 nitrogen and oxygen atoms in total. The number of fused-ring (bicyclic) bond motifs is 1. The molecule has 2 saturated carbocycles. The van der Waals surface area contributed by atoms with Crippen molar-refractivity contribution in [3.8, 4) is 0 Å². The van der Waals surface area contributed by atoms with Crippen molar-refractivity contribution in [3.05, 3.63) is 12.0 Å². The van der Waals surface area contributed by atoms with Gasteiger partial charge in [0.25, 0.3) is 0 Å². The summed E-state index contributed by atoms with van der Waals surface area (Å²) in [6.45, 7) is 7.72. The Labute approximate surface area is 167 Å². The summed E-state index contributed by atoms with van der Waals surface area (Å²) in [7, 11) is 0. The molecule has 0 radical (unpaired) electrons. The van der Waals surface area contributed by atoms with Crippen molar-refractivity contribution in [3.63, 3.8) is 0 Å². The predicted octanol–water partition coefficient (Wildman–Crippen LogP) is 3.67. The van der Waals surface area contributed by atoms with E-state index in [2.05, 4.69) is 46.1 Å². The van der Waals surface area contributed by atoms with E-state index in [0.717, 1.165) is 18.2 Å². The highest BCUT2D eigenvalue weighted by Gasteiger charge is 2.39. The first-order chi connectivity index (χ1) is 13.4. The summed E-state index contributed by atoms with van der Waals surface area (Å²) in [4.78, 5) is 22.3. The van der Waals surface area contributed by atoms with E-state index in [1.54, 1.807) is 6.20 Å². The van der Waals surface area contributed by atoms with Crippen LogP contribution in [0.1, 0.15) is 76.3 Å². The maximum Gasteiger partial charge on any atom is 0.374 e. The van der Waals surface area contributed by atoms with Gasteiger partial charge in [-0.1, -0.05) is 26.2 Å². The van der Waals surface area contributed by atoms with Crippen LogP contribution in [-0.4, -0.2) is 39.8 Å². The van der Waals surface area contributed by atoms with Crippen LogP contribution in [0, 0.1) is 17.8 Å². The van der Waals surface area contributed by atoms with Gasteiger partial charge in [0.05, 0.1) is 6.20 Å². The van der Waals surface area contributed by atoms with E-state index >= 15 is 0 Å². The van der Waals surface area contributed by atoms with Gasteiger partial charge in [-0.15, -0.1) is 0 Å². The molecule has 3 aliphatic rings. The summed E-state index contributed by atoms with van der Waals surface area (Å²) >= 11 is 0. The molecule has 1 aromatic heterocycles. The van der Waals surface area contributed by atoms with Crippen LogP contribution in [-0.2, 0) is 0 Å². The first kappa shape index (κ1) is 19.4. The fraction of sp³-hybridized carbons (Fsp3) is 0.762. The lowest BCUT2D eigenvalue weighted by molar-refractivity contribution is 0.0683. The van der Waals surface area contributed by atoms with Gasteiger partial charge in [-0.25, -0.2) is 20.2 Å². The molecule has 2 N–H and O–H groups in total. The van der Waals surface area contributed by atoms with Gasteiger partial charge in [0.1, 0.15) is 11.9 Å². The van der Waals surface area contributed by atoms with Gasteiger partial charge in [-0.3, -0.25) is 5.01 Å². The maximum absolute atomic E-state index is 11.4. The summed E-state index contributed by atoms with van der Waals surface area (Å²) in [6, 6.07) is 0.350. The van der Waals surface area contributed by atoms with Crippen LogP contribution in [0.2, 0.25) is 0 Å². The fourth-order valence-electron chi connectivity index (χ4n) is 4.84. The molecule has 2 aliphatic carbocycles. The lowest BCUT2D eigenvalue weighted by Crippen LogP contribution is -2.54. The number of aromatic nitrogens is 2. The van der Waals surface area contributed by atoms with E-state index in [1.807, 2.05) is 0 Å². The zero-order valence-electron chi connectivity index (χ0n) is 17.3. The highest BCUT2D eigenvalue weighted by atomic mass is 16.4. The van der Waals surface area contributed by atoms with Crippen LogP contribution < -0.4 is 15.3 Å². The Morgan fingerprint density at radius 2 is 1.96 bits per heavy atom. The minimum absolute atomic E-state index is 0.0928. The Morgan fingerprint density at radius 3 is 2.57 bits per heavy atom. The molecule has 154 valence electrons. The number of carboxylic acids is 1. The lowest BCUT2D eigenvalue weighted by atomic mass is 9.81. The van der Waals surface area contributed by atoms with Crippen molar-refractivity contribution < 1.29 is 9.90 Å². The van der Waals surface area contributed by atoms with E-state index in [4.69, 9.17) is 0 Å². The standard InChI is InChI=1S/C21H33N5O2/c1-13-7-9-16(10-8-13)12-25-15(3)26(24-14(2)17-5-4-6-17)20-18(25)11-22-19(23-20)21(27)28/h11,13-17,24H,4-10,12H2,1-3H3,(H,27,28). The Balaban J connectivity index is 1.57. The Hall–Kier alpha value is -1.89. The number of anilines is 2. The number of hydrazine groups is 1. The van der Waals surface area contributed by atoms with Gasteiger partial charge in [0.2, 0.25) is 5.82 Å². The van der Waals surface area contributed by atoms with Crippen LogP contribution in [0.25, 0.3) is 0 Å². The van der Waals surface area contributed by atoms with Crippen molar-refractivity contribution in [1.29, 1.82) is 0 Å². The second-order valence-corrected chi connectivity index (χ2v) is 9.10. The van der Waals surface area contributed by atoms with Crippen molar-refractivity contribution >= 4 is 17.5 Å². The lowest BCUT2D eigenvalue weighted by Gasteiger charge is -2.38. The molecule has 28 heavy (non-hydrogen) atoms. The number of hydrogen-bond donors (Lipinski definition) is 2. The van der Waals surface area contributed by atoms with E-state index in [9.17, 15) is 9.90 Å². The summed E-state index contributed by atoms with van der Waals surface area (Å²) in [5.74, 6) is 1.68. The molecule has 4 rings (SSSR count). The number of nitrogens with zero attached hydrogens (tertiary/aromatic N) is 4. The maximum atomic E-state index is 11.4. The molecule has 1 aromatic rings. The van der Waals surface area contributed by atoms with Crippen molar-refractivity contribution in [2.45, 2.75) is 77.9 Å². The Bertz CT molecular complexity index is 715. The zero-order chi connectivity index (χ0) is 19.8. The number of carbonyl (C=O) groups is 1. The third kappa shape index (κ3) is 3.69. The van der Waals surface area contributed by atoms with Crippen molar-refractivity contribution in [1.82, 2.24) is 15.4 Å². The summed E-state index contributed by atoms with van der Waals surface area (Å²) in [5.41, 5.74) is 4.58. The zero-order valence-corrected chi connectivity index (χ0v) is 17.3. The highest BCUT2D eigenvalue weighted by Crippen LogP contribution is 2.40. The third-order valence-corrected chi connectivity index (χ3v) is 7.09. The van der Waals surface area contributed by atoms with E-state index in [1.165, 1.54) is 44.9 Å². The molecule has 2 unspecified atom stereocenters. The highest BCUT2D eigenvalue weighted by molar-refractivity contribution is 5.85. The van der Waals surface area contributed by atoms with Gasteiger partial charge in [-0.05, 0) is 57.3 Å². The molecule has 0 spiro atoms. The number of aromatic carboxylic acids is 1. The molecule has 7 heteroatoms. The van der Waals surface area contributed by atoms with Crippen LogP contribution >= 0.6 is 0 Å². The molecular weight excluding hydrogens is 354 g/mol. The minimum Gasteiger partial charge on any atom is -0.475 e. The quantitative estimate of drug-likeness (QED) is 0.771. The van der Waals surface area contributed by atoms with Gasteiger partial charge in [-0.2, -0.15) is 0 Å². The van der Waals surface area contributed by atoms with E-state index < -0.39 is 5.97 Å². The largest absolute Gasteiger partial charge is 0.475 e. The average Bonchev–Trinajstić information content (AvgIpc) is 2.87. The molecule has 0 amide bonds. The summed E-state index contributed by atoms with van der Waals surface area (Å²) in [5, 5.41) is 11.4. The molecule has 2 fully saturated rings. The van der Waals surface area contributed by atoms with Crippen molar-refractivity contribution in [2.24, 2.45) is 17.8 Å². The van der Waals surface area contributed by atoms with Gasteiger partial charge < -0.3 is 10.0 Å². The van der Waals surface area contributed by atoms with Gasteiger partial charge in [0.15, 0.2) is 5.82 Å². The minimum atomic E-state index is -1.08. The van der Waals surface area contributed by atoms with E-state index in [-0.39, 0.29) is 12.0 Å². The predicted molar refractivity (Wildman–Crippen MR) is 109 cm³/mol. The Kier molecular flexibility index (Phi) is 5.45. The fourth-order valence-corrected chi connectivity index (χ4v) is 4.84. The van der Waals surface area contributed by atoms with Crippen LogP contribution in [0.5, 0.6) is 0 Å². The first-order valence-corrected chi connectivity index (χ1v) is 10.9. The number of hydrogen-bond acceptors (Lipinski definition) is 6. The monoisotopic (exact) mass is 387 g/mol. The van der Waals surface area contributed by atoms with Crippen LogP contribution in [0.15, 0.2) is 6.20 Å². The average molecular weight is 388 g/mol. The Morgan fingerprint density at radius 1 is 1.25 bits per heavy atom. The van der Waals surface area contributed by atoms with Crippen LogP contribution in [0.3, 0.4) is 0 Å². The topological polar surface area (TPSA) is 81.6 Å². The second-order valence-electron chi connectivity index (χ2n) is 9.10. The van der Waals surface area contributed by atoms with Crippen LogP contribution in [0.4, 0.5) is 11.5 Å². The molecule has 0 aromatic carbocycles. The summed E-state index contributed by atoms with van der Waals surface area (Å²) in [6.07, 6.45) is 10.7. The first-order valence-electron chi connectivity index (χ1n) is 10.9. The smallest absolute Gasteiger partial charge is 0.374 e. The molecular formula is C21H33N5O2. The number of rotatable bonds is 6. The van der Waals surface area contributed by atoms with Crippen molar-refractivity contribution in [2.75, 3.05) is 16.5 Å². The number of nitrogens with one attached hydrogen (secondary N) is 1. The molecule has 0 saturated heterocycles. The third-order valence-electron chi connectivity index (χ3n) is 7.09. The van der Waals surface area contributed by atoms with E-state index in [0.29, 0.717) is 23.7 Å². The number of carboxylic acid groups (broad SMARTS) is 1. The molecule has 0 bridgehead atoms. The normalized spacial score (nSPS) is 28.8. The SMILES string of the molecule is CC1CCC(CN2c3cnc(C(=O)O)nc3N(NC(C)C3CCC3)C2C)CC1. The molecule has 2 atom stereocenters. The second kappa shape index (κ2) is 7.85. The molecule has 2 heterocycles. The molecule has 1 aliphatic heterocycles. The van der Waals surface area contributed by atoms with Gasteiger partial charge >= 0.3 is 5.97 Å².